The summed E-state index contributed by atoms with van der Waals surface area (Å²) in [5.41, 5.74) is 3.55. The van der Waals surface area contributed by atoms with Crippen molar-refractivity contribution in [1.82, 2.24) is 9.97 Å². The minimum Gasteiger partial charge on any atom is -0.504 e. The zero-order valence-corrected chi connectivity index (χ0v) is 14.6. The molecule has 1 aliphatic rings. The van der Waals surface area contributed by atoms with E-state index in [1.807, 2.05) is 12.1 Å². The normalized spacial score (nSPS) is 13.5. The van der Waals surface area contributed by atoms with Crippen LogP contribution in [0, 0.1) is 0 Å². The molecule has 134 valence electrons. The number of ether oxygens (including phenoxy) is 2. The summed E-state index contributed by atoms with van der Waals surface area (Å²) in [6.07, 6.45) is 1.22. The Hall–Kier alpha value is -3.22. The Kier molecular flexibility index (Phi) is 3.91. The largest absolute Gasteiger partial charge is 0.504 e. The van der Waals surface area contributed by atoms with E-state index in [-0.39, 0.29) is 17.1 Å². The van der Waals surface area contributed by atoms with E-state index in [1.165, 1.54) is 26.7 Å². The van der Waals surface area contributed by atoms with Crippen molar-refractivity contribution in [2.24, 2.45) is 0 Å². The number of methoxy groups -OCH3 is 2. The van der Waals surface area contributed by atoms with Gasteiger partial charge in [0.15, 0.2) is 11.5 Å². The number of imidazole rings is 1. The predicted octanol–water partition coefficient (Wildman–Crippen LogP) is 2.94. The maximum atomic E-state index is 11.9. The number of phenolic OH excluding ortho intramolecular Hbond substituents is 1. The van der Waals surface area contributed by atoms with Crippen LogP contribution in [0.1, 0.15) is 16.8 Å². The standard InChI is InChI=1S/C19H19N3O4/c1-25-16-9-11(8-13(17(16)23)19(24)26-2)18-20-14-5-4-12(10-15(14)21-18)22-6-3-7-22/h4-5,8-10,23H,3,6-7H2,1-2H3,(H,20,21). The van der Waals surface area contributed by atoms with Gasteiger partial charge in [0.05, 0.1) is 25.3 Å². The van der Waals surface area contributed by atoms with Crippen molar-refractivity contribution in [3.05, 3.63) is 35.9 Å². The Labute approximate surface area is 150 Å². The summed E-state index contributed by atoms with van der Waals surface area (Å²) < 4.78 is 9.92. The first kappa shape index (κ1) is 16.3. The van der Waals surface area contributed by atoms with Gasteiger partial charge < -0.3 is 24.5 Å². The number of benzene rings is 2. The highest BCUT2D eigenvalue weighted by molar-refractivity contribution is 5.95. The molecule has 7 nitrogen and oxygen atoms in total. The van der Waals surface area contributed by atoms with E-state index < -0.39 is 5.97 Å². The van der Waals surface area contributed by atoms with Crippen LogP contribution < -0.4 is 9.64 Å². The lowest BCUT2D eigenvalue weighted by Gasteiger charge is -2.33. The molecule has 0 amide bonds. The molecule has 0 aliphatic carbocycles. The number of carbonyl (C=O) groups is 1. The van der Waals surface area contributed by atoms with Gasteiger partial charge in [-0.05, 0) is 36.8 Å². The van der Waals surface area contributed by atoms with Crippen LogP contribution in [-0.2, 0) is 4.74 Å². The van der Waals surface area contributed by atoms with Gasteiger partial charge in [0, 0.05) is 24.3 Å². The number of aromatic amines is 1. The molecule has 0 radical (unpaired) electrons. The third kappa shape index (κ3) is 2.61. The number of rotatable bonds is 4. The van der Waals surface area contributed by atoms with Crippen LogP contribution in [0.5, 0.6) is 11.5 Å². The fourth-order valence-corrected chi connectivity index (χ4v) is 3.07. The molecule has 26 heavy (non-hydrogen) atoms. The van der Waals surface area contributed by atoms with E-state index in [1.54, 1.807) is 6.07 Å². The van der Waals surface area contributed by atoms with Crippen LogP contribution >= 0.6 is 0 Å². The first-order valence-electron chi connectivity index (χ1n) is 8.35. The molecule has 0 bridgehead atoms. The quantitative estimate of drug-likeness (QED) is 0.701. The topological polar surface area (TPSA) is 87.7 Å². The lowest BCUT2D eigenvalue weighted by molar-refractivity contribution is 0.0597. The molecule has 4 rings (SSSR count). The Balaban J connectivity index is 1.80. The molecular weight excluding hydrogens is 334 g/mol. The fourth-order valence-electron chi connectivity index (χ4n) is 3.07. The van der Waals surface area contributed by atoms with E-state index >= 15 is 0 Å². The second kappa shape index (κ2) is 6.25. The summed E-state index contributed by atoms with van der Waals surface area (Å²) >= 11 is 0. The number of carbonyl (C=O) groups excluding carboxylic acids is 1. The van der Waals surface area contributed by atoms with Crippen LogP contribution in [0.2, 0.25) is 0 Å². The van der Waals surface area contributed by atoms with Gasteiger partial charge in [-0.2, -0.15) is 0 Å². The second-order valence-corrected chi connectivity index (χ2v) is 6.19. The van der Waals surface area contributed by atoms with E-state index in [2.05, 4.69) is 20.9 Å². The van der Waals surface area contributed by atoms with Crippen LogP contribution in [0.15, 0.2) is 30.3 Å². The number of hydrogen-bond donors (Lipinski definition) is 2. The average molecular weight is 353 g/mol. The first-order chi connectivity index (χ1) is 12.6. The summed E-state index contributed by atoms with van der Waals surface area (Å²) in [7, 11) is 2.69. The van der Waals surface area contributed by atoms with E-state index in [9.17, 15) is 9.90 Å². The molecule has 7 heteroatoms. The van der Waals surface area contributed by atoms with Gasteiger partial charge in [0.1, 0.15) is 11.4 Å². The van der Waals surface area contributed by atoms with Crippen molar-refractivity contribution in [2.45, 2.75) is 6.42 Å². The first-order valence-corrected chi connectivity index (χ1v) is 8.35. The van der Waals surface area contributed by atoms with Crippen LogP contribution in [0.4, 0.5) is 5.69 Å². The van der Waals surface area contributed by atoms with Gasteiger partial charge in [-0.25, -0.2) is 9.78 Å². The Morgan fingerprint density at radius 2 is 2.04 bits per heavy atom. The number of esters is 1. The maximum absolute atomic E-state index is 11.9. The summed E-state index contributed by atoms with van der Waals surface area (Å²) in [5.74, 6) is -0.119. The molecule has 2 aromatic carbocycles. The van der Waals surface area contributed by atoms with Gasteiger partial charge in [0.2, 0.25) is 0 Å². The summed E-state index contributed by atoms with van der Waals surface area (Å²) in [6, 6.07) is 9.29. The van der Waals surface area contributed by atoms with Crippen LogP contribution in [0.25, 0.3) is 22.4 Å². The molecule has 1 aromatic heterocycles. The van der Waals surface area contributed by atoms with Gasteiger partial charge >= 0.3 is 5.97 Å². The molecule has 1 saturated heterocycles. The van der Waals surface area contributed by atoms with E-state index in [4.69, 9.17) is 9.47 Å². The number of phenols is 1. The number of H-pyrrole nitrogens is 1. The van der Waals surface area contributed by atoms with Gasteiger partial charge in [-0.15, -0.1) is 0 Å². The van der Waals surface area contributed by atoms with Crippen molar-refractivity contribution < 1.29 is 19.4 Å². The third-order valence-electron chi connectivity index (χ3n) is 4.66. The lowest BCUT2D eigenvalue weighted by atomic mass is 10.1. The number of aromatic hydroxyl groups is 1. The average Bonchev–Trinajstić information content (AvgIpc) is 3.03. The molecule has 2 N–H and O–H groups in total. The molecule has 1 aliphatic heterocycles. The molecule has 0 unspecified atom stereocenters. The van der Waals surface area contributed by atoms with E-state index in [0.717, 1.165) is 29.8 Å². The zero-order chi connectivity index (χ0) is 18.3. The molecule has 1 fully saturated rings. The maximum Gasteiger partial charge on any atom is 0.341 e. The number of anilines is 1. The minimum absolute atomic E-state index is 0.0311. The van der Waals surface area contributed by atoms with Crippen LogP contribution in [-0.4, -0.2) is 48.4 Å². The van der Waals surface area contributed by atoms with Gasteiger partial charge in [-0.3, -0.25) is 0 Å². The zero-order valence-electron chi connectivity index (χ0n) is 14.6. The van der Waals surface area contributed by atoms with Crippen molar-refractivity contribution in [3.8, 4) is 22.9 Å². The molecular formula is C19H19N3O4. The van der Waals surface area contributed by atoms with Gasteiger partial charge in [-0.1, -0.05) is 0 Å². The number of nitrogens with one attached hydrogen (secondary N) is 1. The number of fused-ring (bicyclic) bond motifs is 1. The predicted molar refractivity (Wildman–Crippen MR) is 97.9 cm³/mol. The van der Waals surface area contributed by atoms with Crippen LogP contribution in [0.3, 0.4) is 0 Å². The second-order valence-electron chi connectivity index (χ2n) is 6.19. The smallest absolute Gasteiger partial charge is 0.341 e. The molecule has 0 saturated carbocycles. The van der Waals surface area contributed by atoms with Crippen molar-refractivity contribution >= 4 is 22.7 Å². The van der Waals surface area contributed by atoms with Crippen molar-refractivity contribution in [1.29, 1.82) is 0 Å². The highest BCUT2D eigenvalue weighted by atomic mass is 16.5. The lowest BCUT2D eigenvalue weighted by Crippen LogP contribution is -2.36. The van der Waals surface area contributed by atoms with Crippen molar-refractivity contribution in [2.75, 3.05) is 32.2 Å². The fraction of sp³-hybridized carbons (Fsp3) is 0.263. The minimum atomic E-state index is -0.640. The highest BCUT2D eigenvalue weighted by Crippen LogP contribution is 2.36. The van der Waals surface area contributed by atoms with E-state index in [0.29, 0.717) is 11.4 Å². The number of aromatic nitrogens is 2. The monoisotopic (exact) mass is 353 g/mol. The van der Waals surface area contributed by atoms with Crippen molar-refractivity contribution in [3.63, 3.8) is 0 Å². The molecule has 3 aromatic rings. The summed E-state index contributed by atoms with van der Waals surface area (Å²) in [6.45, 7) is 2.14. The number of nitrogens with zero attached hydrogens (tertiary/aromatic N) is 2. The highest BCUT2D eigenvalue weighted by Gasteiger charge is 2.20. The SMILES string of the molecule is COC(=O)c1cc(-c2nc3cc(N4CCC4)ccc3[nH]2)cc(OC)c1O. The molecule has 0 atom stereocenters. The Morgan fingerprint density at radius 1 is 1.23 bits per heavy atom. The summed E-state index contributed by atoms with van der Waals surface area (Å²) in [5, 5.41) is 10.2. The Bertz CT molecular complexity index is 992. The number of hydrogen-bond acceptors (Lipinski definition) is 6. The summed E-state index contributed by atoms with van der Waals surface area (Å²) in [4.78, 5) is 22.1. The molecule has 2 heterocycles. The third-order valence-corrected chi connectivity index (χ3v) is 4.66. The molecule has 0 spiro atoms. The Morgan fingerprint density at radius 3 is 2.69 bits per heavy atom. The van der Waals surface area contributed by atoms with Gasteiger partial charge in [0.25, 0.3) is 0 Å².